The highest BCUT2D eigenvalue weighted by atomic mass is 32.2. The summed E-state index contributed by atoms with van der Waals surface area (Å²) in [5.41, 5.74) is 1.46. The number of nitrogens with one attached hydrogen (secondary N) is 2. The lowest BCUT2D eigenvalue weighted by molar-refractivity contribution is 0.0228. The van der Waals surface area contributed by atoms with Crippen LogP contribution in [0.2, 0.25) is 0 Å². The molecule has 2 aromatic rings. The van der Waals surface area contributed by atoms with Crippen LogP contribution in [-0.2, 0) is 14.6 Å². The molecule has 2 heterocycles. The average molecular weight is 281 g/mol. The molecule has 1 aliphatic rings. The summed E-state index contributed by atoms with van der Waals surface area (Å²) in [6.45, 7) is 2.20. The number of morpholine rings is 1. The van der Waals surface area contributed by atoms with E-state index in [1.54, 1.807) is 18.2 Å². The van der Waals surface area contributed by atoms with Crippen LogP contribution in [0.3, 0.4) is 0 Å². The van der Waals surface area contributed by atoms with E-state index in [0.29, 0.717) is 18.7 Å². The fraction of sp³-hybridized carbons (Fsp3) is 0.417. The van der Waals surface area contributed by atoms with Crippen LogP contribution in [0.25, 0.3) is 11.0 Å². The van der Waals surface area contributed by atoms with Gasteiger partial charge in [-0.2, -0.15) is 0 Å². The van der Waals surface area contributed by atoms with Crippen LogP contribution in [0.1, 0.15) is 11.9 Å². The van der Waals surface area contributed by atoms with Gasteiger partial charge >= 0.3 is 0 Å². The van der Waals surface area contributed by atoms with Crippen LogP contribution in [0.5, 0.6) is 0 Å². The van der Waals surface area contributed by atoms with Crippen molar-refractivity contribution in [2.75, 3.05) is 26.0 Å². The number of ether oxygens (including phenoxy) is 1. The molecule has 1 unspecified atom stereocenters. The Balaban J connectivity index is 2.01. The summed E-state index contributed by atoms with van der Waals surface area (Å²) in [5, 5.41) is 3.23. The van der Waals surface area contributed by atoms with Crippen LogP contribution in [0, 0.1) is 0 Å². The highest BCUT2D eigenvalue weighted by molar-refractivity contribution is 7.90. The third kappa shape index (κ3) is 2.49. The first-order chi connectivity index (χ1) is 9.04. The Bertz CT molecular complexity index is 702. The number of nitrogens with zero attached hydrogens (tertiary/aromatic N) is 1. The van der Waals surface area contributed by atoms with Gasteiger partial charge in [0.15, 0.2) is 9.84 Å². The monoisotopic (exact) mass is 281 g/mol. The zero-order chi connectivity index (χ0) is 13.5. The molecule has 0 saturated carbocycles. The fourth-order valence-electron chi connectivity index (χ4n) is 2.13. The molecule has 102 valence electrons. The van der Waals surface area contributed by atoms with Crippen LogP contribution in [0.4, 0.5) is 0 Å². The molecule has 1 aromatic heterocycles. The minimum Gasteiger partial charge on any atom is -0.368 e. The van der Waals surface area contributed by atoms with E-state index in [4.69, 9.17) is 4.74 Å². The Labute approximate surface area is 111 Å². The van der Waals surface area contributed by atoms with Crippen molar-refractivity contribution < 1.29 is 13.2 Å². The van der Waals surface area contributed by atoms with Crippen molar-refractivity contribution in [1.29, 1.82) is 0 Å². The summed E-state index contributed by atoms with van der Waals surface area (Å²) in [5.74, 6) is 0.729. The second-order valence-corrected chi connectivity index (χ2v) is 6.65. The third-order valence-corrected chi connectivity index (χ3v) is 4.24. The Hall–Kier alpha value is -1.44. The van der Waals surface area contributed by atoms with E-state index >= 15 is 0 Å². The Morgan fingerprint density at radius 1 is 1.42 bits per heavy atom. The van der Waals surface area contributed by atoms with Crippen molar-refractivity contribution in [2.45, 2.75) is 11.0 Å². The Morgan fingerprint density at radius 2 is 2.26 bits per heavy atom. The smallest absolute Gasteiger partial charge is 0.175 e. The molecule has 2 N–H and O–H groups in total. The number of aromatic amines is 1. The minimum atomic E-state index is -3.20. The van der Waals surface area contributed by atoms with Gasteiger partial charge in [-0.15, -0.1) is 0 Å². The number of rotatable bonds is 2. The molecule has 0 spiro atoms. The van der Waals surface area contributed by atoms with Crippen LogP contribution < -0.4 is 5.32 Å². The number of hydrogen-bond acceptors (Lipinski definition) is 5. The van der Waals surface area contributed by atoms with Crippen molar-refractivity contribution in [2.24, 2.45) is 0 Å². The lowest BCUT2D eigenvalue weighted by atomic mass is 10.3. The van der Waals surface area contributed by atoms with Gasteiger partial charge in [0.05, 0.1) is 22.5 Å². The van der Waals surface area contributed by atoms with Gasteiger partial charge < -0.3 is 15.0 Å². The molecule has 6 nitrogen and oxygen atoms in total. The van der Waals surface area contributed by atoms with E-state index in [2.05, 4.69) is 15.3 Å². The average Bonchev–Trinajstić information content (AvgIpc) is 2.81. The molecule has 0 aliphatic carbocycles. The molecular weight excluding hydrogens is 266 g/mol. The predicted octanol–water partition coefficient (Wildman–Crippen LogP) is 0.627. The SMILES string of the molecule is CS(=O)(=O)c1ccc2nc(C3CNCCO3)[nH]c2c1. The van der Waals surface area contributed by atoms with Gasteiger partial charge in [0.1, 0.15) is 11.9 Å². The highest BCUT2D eigenvalue weighted by Crippen LogP contribution is 2.22. The molecule has 3 rings (SSSR count). The molecule has 0 radical (unpaired) electrons. The van der Waals surface area contributed by atoms with Crippen molar-refractivity contribution >= 4 is 20.9 Å². The maximum absolute atomic E-state index is 11.5. The maximum Gasteiger partial charge on any atom is 0.175 e. The summed E-state index contributed by atoms with van der Waals surface area (Å²) < 4.78 is 28.6. The normalized spacial score (nSPS) is 20.8. The van der Waals surface area contributed by atoms with Gasteiger partial charge in [0.2, 0.25) is 0 Å². The Kier molecular flexibility index (Phi) is 3.04. The molecular formula is C12H15N3O3S. The van der Waals surface area contributed by atoms with Crippen molar-refractivity contribution in [3.8, 4) is 0 Å². The molecule has 1 fully saturated rings. The molecule has 19 heavy (non-hydrogen) atoms. The molecule has 1 aliphatic heterocycles. The summed E-state index contributed by atoms with van der Waals surface area (Å²) in [7, 11) is -3.20. The number of H-pyrrole nitrogens is 1. The van der Waals surface area contributed by atoms with E-state index in [9.17, 15) is 8.42 Å². The van der Waals surface area contributed by atoms with Gasteiger partial charge in [-0.1, -0.05) is 0 Å². The molecule has 1 atom stereocenters. The number of benzene rings is 1. The van der Waals surface area contributed by atoms with Crippen molar-refractivity contribution in [1.82, 2.24) is 15.3 Å². The largest absolute Gasteiger partial charge is 0.368 e. The van der Waals surface area contributed by atoms with E-state index in [-0.39, 0.29) is 11.0 Å². The minimum absolute atomic E-state index is 0.108. The van der Waals surface area contributed by atoms with Gasteiger partial charge in [0, 0.05) is 19.3 Å². The predicted molar refractivity (Wildman–Crippen MR) is 70.8 cm³/mol. The zero-order valence-corrected chi connectivity index (χ0v) is 11.3. The van der Waals surface area contributed by atoms with Gasteiger partial charge in [-0.05, 0) is 18.2 Å². The van der Waals surface area contributed by atoms with Gasteiger partial charge in [0.25, 0.3) is 0 Å². The van der Waals surface area contributed by atoms with Crippen LogP contribution in [-0.4, -0.2) is 44.3 Å². The van der Waals surface area contributed by atoms with E-state index in [1.165, 1.54) is 6.26 Å². The summed E-state index contributed by atoms with van der Waals surface area (Å²) in [6, 6.07) is 4.89. The number of hydrogen-bond donors (Lipinski definition) is 2. The number of aromatic nitrogens is 2. The van der Waals surface area contributed by atoms with E-state index in [1.807, 2.05) is 0 Å². The summed E-state index contributed by atoms with van der Waals surface area (Å²) in [6.07, 6.45) is 1.09. The van der Waals surface area contributed by atoms with Gasteiger partial charge in [-0.25, -0.2) is 13.4 Å². The maximum atomic E-state index is 11.5. The molecule has 1 aromatic carbocycles. The topological polar surface area (TPSA) is 84.1 Å². The highest BCUT2D eigenvalue weighted by Gasteiger charge is 2.19. The lowest BCUT2D eigenvalue weighted by Gasteiger charge is -2.21. The van der Waals surface area contributed by atoms with Crippen molar-refractivity contribution in [3.63, 3.8) is 0 Å². The van der Waals surface area contributed by atoms with E-state index in [0.717, 1.165) is 17.9 Å². The molecule has 0 bridgehead atoms. The Morgan fingerprint density at radius 3 is 2.95 bits per heavy atom. The van der Waals surface area contributed by atoms with E-state index < -0.39 is 9.84 Å². The fourth-order valence-corrected chi connectivity index (χ4v) is 2.78. The first-order valence-corrected chi connectivity index (χ1v) is 7.95. The number of sulfone groups is 1. The van der Waals surface area contributed by atoms with Crippen LogP contribution >= 0.6 is 0 Å². The second kappa shape index (κ2) is 4.59. The van der Waals surface area contributed by atoms with Crippen LogP contribution in [0.15, 0.2) is 23.1 Å². The first-order valence-electron chi connectivity index (χ1n) is 6.06. The molecule has 1 saturated heterocycles. The zero-order valence-electron chi connectivity index (χ0n) is 10.5. The summed E-state index contributed by atoms with van der Waals surface area (Å²) >= 11 is 0. The molecule has 0 amide bonds. The lowest BCUT2D eigenvalue weighted by Crippen LogP contribution is -2.33. The summed E-state index contributed by atoms with van der Waals surface area (Å²) in [4.78, 5) is 7.87. The standard InChI is InChI=1S/C12H15N3O3S/c1-19(16,17)8-2-3-9-10(6-8)15-12(14-9)11-7-13-4-5-18-11/h2-3,6,11,13H,4-5,7H2,1H3,(H,14,15). The quantitative estimate of drug-likeness (QED) is 0.843. The second-order valence-electron chi connectivity index (χ2n) is 4.64. The van der Waals surface area contributed by atoms with Gasteiger partial charge in [-0.3, -0.25) is 0 Å². The third-order valence-electron chi connectivity index (χ3n) is 3.13. The number of imidazole rings is 1. The first kappa shape index (κ1) is 12.6. The molecule has 7 heteroatoms. The number of fused-ring (bicyclic) bond motifs is 1. The van der Waals surface area contributed by atoms with Crippen molar-refractivity contribution in [3.05, 3.63) is 24.0 Å².